The minimum Gasteiger partial charge on any atom is -0.475 e. The standard InChI is InChI=1S/C13H17N3O2.C2HF3O2/c14-8-4-7-12(9-15)16(13(17)18)10-11-5-2-1-3-6-11;3-2(4,5)1(6)7/h1-3,5-6,12H,4,7,9-10,15H2,(H,17,18);(H,6,7). The van der Waals surface area contributed by atoms with Crippen molar-refractivity contribution in [3.8, 4) is 6.07 Å². The zero-order valence-corrected chi connectivity index (χ0v) is 13.1. The number of benzene rings is 1. The number of halogens is 3. The van der Waals surface area contributed by atoms with Crippen LogP contribution < -0.4 is 5.73 Å². The van der Waals surface area contributed by atoms with E-state index in [-0.39, 0.29) is 12.6 Å². The van der Waals surface area contributed by atoms with Crippen molar-refractivity contribution >= 4 is 12.1 Å². The SMILES string of the molecule is N#CCCC(CN)N(Cc1ccccc1)C(=O)O.O=C(O)C(F)(F)F. The Bertz CT molecular complexity index is 588. The lowest BCUT2D eigenvalue weighted by molar-refractivity contribution is -0.192. The summed E-state index contributed by atoms with van der Waals surface area (Å²) in [7, 11) is 0. The summed E-state index contributed by atoms with van der Waals surface area (Å²) < 4.78 is 31.7. The van der Waals surface area contributed by atoms with Gasteiger partial charge in [0.2, 0.25) is 0 Å². The van der Waals surface area contributed by atoms with Crippen LogP contribution in [0.5, 0.6) is 0 Å². The summed E-state index contributed by atoms with van der Waals surface area (Å²) in [6.45, 7) is 0.518. The van der Waals surface area contributed by atoms with Gasteiger partial charge in [-0.3, -0.25) is 4.90 Å². The summed E-state index contributed by atoms with van der Waals surface area (Å²) in [5.74, 6) is -2.76. The molecule has 0 heterocycles. The van der Waals surface area contributed by atoms with Crippen LogP contribution in [0.15, 0.2) is 30.3 Å². The van der Waals surface area contributed by atoms with E-state index in [9.17, 15) is 23.1 Å². The van der Waals surface area contributed by atoms with Crippen molar-refractivity contribution in [3.05, 3.63) is 35.9 Å². The maximum absolute atomic E-state index is 11.3. The predicted octanol–water partition coefficient (Wildman–Crippen LogP) is 2.43. The largest absolute Gasteiger partial charge is 0.490 e. The van der Waals surface area contributed by atoms with Crippen molar-refractivity contribution in [2.24, 2.45) is 5.73 Å². The number of nitrogens with two attached hydrogens (primary N) is 1. The van der Waals surface area contributed by atoms with Crippen LogP contribution >= 0.6 is 0 Å². The van der Waals surface area contributed by atoms with Crippen molar-refractivity contribution in [2.75, 3.05) is 6.54 Å². The molecule has 4 N–H and O–H groups in total. The van der Waals surface area contributed by atoms with Gasteiger partial charge in [-0.05, 0) is 12.0 Å². The first-order chi connectivity index (χ1) is 11.6. The van der Waals surface area contributed by atoms with Gasteiger partial charge in [0.1, 0.15) is 0 Å². The summed E-state index contributed by atoms with van der Waals surface area (Å²) >= 11 is 0. The third kappa shape index (κ3) is 9.17. The van der Waals surface area contributed by atoms with Crippen molar-refractivity contribution < 1.29 is 33.0 Å². The van der Waals surface area contributed by atoms with Crippen LogP contribution in [0.1, 0.15) is 18.4 Å². The fourth-order valence-corrected chi connectivity index (χ4v) is 1.77. The van der Waals surface area contributed by atoms with Gasteiger partial charge in [-0.1, -0.05) is 30.3 Å². The molecule has 0 aliphatic carbocycles. The second-order valence-corrected chi connectivity index (χ2v) is 4.79. The number of carboxylic acids is 1. The first-order valence-electron chi connectivity index (χ1n) is 7.04. The van der Waals surface area contributed by atoms with Crippen molar-refractivity contribution in [1.29, 1.82) is 5.26 Å². The van der Waals surface area contributed by atoms with E-state index < -0.39 is 18.2 Å². The molecule has 0 aliphatic rings. The number of hydrogen-bond donors (Lipinski definition) is 3. The molecule has 0 bridgehead atoms. The normalized spacial score (nSPS) is 11.5. The molecule has 25 heavy (non-hydrogen) atoms. The molecule has 1 unspecified atom stereocenters. The average molecular weight is 361 g/mol. The van der Waals surface area contributed by atoms with E-state index in [1.807, 2.05) is 36.4 Å². The molecular formula is C15H18F3N3O4. The molecule has 0 aliphatic heterocycles. The van der Waals surface area contributed by atoms with Gasteiger partial charge in [0.15, 0.2) is 0 Å². The zero-order chi connectivity index (χ0) is 19.5. The lowest BCUT2D eigenvalue weighted by atomic mass is 10.1. The van der Waals surface area contributed by atoms with Crippen LogP contribution in [0.2, 0.25) is 0 Å². The van der Waals surface area contributed by atoms with E-state index >= 15 is 0 Å². The molecule has 10 heteroatoms. The Kier molecular flexibility index (Phi) is 9.66. The molecule has 0 saturated heterocycles. The third-order valence-electron chi connectivity index (χ3n) is 2.99. The number of carbonyl (C=O) groups is 2. The molecule has 1 amide bonds. The molecule has 0 spiro atoms. The van der Waals surface area contributed by atoms with Gasteiger partial charge >= 0.3 is 18.2 Å². The van der Waals surface area contributed by atoms with Gasteiger partial charge in [-0.15, -0.1) is 0 Å². The third-order valence-corrected chi connectivity index (χ3v) is 2.99. The lowest BCUT2D eigenvalue weighted by Gasteiger charge is -2.28. The van der Waals surface area contributed by atoms with Crippen LogP contribution in [0.3, 0.4) is 0 Å². The fraction of sp³-hybridized carbons (Fsp3) is 0.400. The molecule has 1 aromatic carbocycles. The Morgan fingerprint density at radius 1 is 1.24 bits per heavy atom. The molecule has 1 rings (SSSR count). The second kappa shape index (κ2) is 10.9. The number of hydrogen-bond acceptors (Lipinski definition) is 4. The zero-order valence-electron chi connectivity index (χ0n) is 13.1. The minimum atomic E-state index is -5.08. The smallest absolute Gasteiger partial charge is 0.475 e. The van der Waals surface area contributed by atoms with E-state index in [0.29, 0.717) is 19.4 Å². The van der Waals surface area contributed by atoms with Gasteiger partial charge in [0, 0.05) is 25.6 Å². The summed E-state index contributed by atoms with van der Waals surface area (Å²) in [4.78, 5) is 21.4. The van der Waals surface area contributed by atoms with Crippen LogP contribution in [-0.4, -0.2) is 45.9 Å². The van der Waals surface area contributed by atoms with Crippen molar-refractivity contribution in [2.45, 2.75) is 31.6 Å². The Morgan fingerprint density at radius 2 is 1.76 bits per heavy atom. The number of amides is 1. The molecular weight excluding hydrogens is 343 g/mol. The molecule has 138 valence electrons. The number of nitrogens with zero attached hydrogens (tertiary/aromatic N) is 2. The molecule has 0 fully saturated rings. The molecule has 0 radical (unpaired) electrons. The van der Waals surface area contributed by atoms with Gasteiger partial charge < -0.3 is 15.9 Å². The molecule has 0 aromatic heterocycles. The van der Waals surface area contributed by atoms with Crippen molar-refractivity contribution in [1.82, 2.24) is 4.90 Å². The Labute approximate surface area is 142 Å². The number of rotatable bonds is 6. The first-order valence-corrected chi connectivity index (χ1v) is 7.04. The minimum absolute atomic E-state index is 0.223. The van der Waals surface area contributed by atoms with E-state index in [1.54, 1.807) is 0 Å². The Balaban J connectivity index is 0.000000697. The molecule has 1 aromatic rings. The molecule has 1 atom stereocenters. The van der Waals surface area contributed by atoms with Gasteiger partial charge in [0.25, 0.3) is 0 Å². The monoisotopic (exact) mass is 361 g/mol. The summed E-state index contributed by atoms with van der Waals surface area (Å²) in [5, 5.41) is 24.9. The summed E-state index contributed by atoms with van der Waals surface area (Å²) in [6, 6.07) is 11.0. The van der Waals surface area contributed by atoms with E-state index in [1.165, 1.54) is 4.90 Å². The maximum atomic E-state index is 11.3. The van der Waals surface area contributed by atoms with Gasteiger partial charge in [-0.25, -0.2) is 9.59 Å². The van der Waals surface area contributed by atoms with E-state index in [4.69, 9.17) is 20.9 Å². The number of nitriles is 1. The highest BCUT2D eigenvalue weighted by Gasteiger charge is 2.38. The predicted molar refractivity (Wildman–Crippen MR) is 81.4 cm³/mol. The van der Waals surface area contributed by atoms with Crippen LogP contribution in [0.25, 0.3) is 0 Å². The van der Waals surface area contributed by atoms with Crippen LogP contribution in [0.4, 0.5) is 18.0 Å². The van der Waals surface area contributed by atoms with Gasteiger partial charge in [-0.2, -0.15) is 18.4 Å². The average Bonchev–Trinajstić information content (AvgIpc) is 2.54. The maximum Gasteiger partial charge on any atom is 0.490 e. The second-order valence-electron chi connectivity index (χ2n) is 4.79. The number of carboxylic acid groups (broad SMARTS) is 2. The van der Waals surface area contributed by atoms with Crippen LogP contribution in [-0.2, 0) is 11.3 Å². The summed E-state index contributed by atoms with van der Waals surface area (Å²) in [6.07, 6.45) is -5.32. The number of aliphatic carboxylic acids is 1. The highest BCUT2D eigenvalue weighted by molar-refractivity contribution is 5.73. The lowest BCUT2D eigenvalue weighted by Crippen LogP contribution is -2.43. The highest BCUT2D eigenvalue weighted by atomic mass is 19.4. The van der Waals surface area contributed by atoms with Gasteiger partial charge in [0.05, 0.1) is 6.07 Å². The summed E-state index contributed by atoms with van der Waals surface area (Å²) in [5.41, 5.74) is 6.50. The van der Waals surface area contributed by atoms with E-state index in [0.717, 1.165) is 5.56 Å². The van der Waals surface area contributed by atoms with E-state index in [2.05, 4.69) is 0 Å². The topological polar surface area (TPSA) is 128 Å². The number of alkyl halides is 3. The fourth-order valence-electron chi connectivity index (χ4n) is 1.77. The Hall–Kier alpha value is -2.80. The molecule has 0 saturated carbocycles. The molecule has 7 nitrogen and oxygen atoms in total. The Morgan fingerprint density at radius 3 is 2.12 bits per heavy atom. The van der Waals surface area contributed by atoms with Crippen LogP contribution in [0, 0.1) is 11.3 Å². The highest BCUT2D eigenvalue weighted by Crippen LogP contribution is 2.13. The quantitative estimate of drug-likeness (QED) is 0.714. The van der Waals surface area contributed by atoms with Crippen molar-refractivity contribution in [3.63, 3.8) is 0 Å². The first kappa shape index (κ1) is 22.2.